The summed E-state index contributed by atoms with van der Waals surface area (Å²) in [6.07, 6.45) is 2.91. The van der Waals surface area contributed by atoms with Crippen molar-refractivity contribution in [3.05, 3.63) is 47.7 Å². The first-order valence-electron chi connectivity index (χ1n) is 13.0. The monoisotopic (exact) mass is 517 g/mol. The number of pyridine rings is 1. The molecule has 3 aliphatic rings. The SMILES string of the molecule is COC1(c2ccc(-c3cc4c(N5CCN(C(=O)OC6COC6)CC5)ccnc4[nH]3)c(C#N)c2)CCOCC1. The summed E-state index contributed by atoms with van der Waals surface area (Å²) >= 11 is 0. The molecule has 6 rings (SSSR count). The third-order valence-electron chi connectivity index (χ3n) is 7.91. The summed E-state index contributed by atoms with van der Waals surface area (Å²) in [7, 11) is 1.72. The highest BCUT2D eigenvalue weighted by molar-refractivity contribution is 5.94. The molecule has 1 amide bonds. The number of piperazine rings is 1. The summed E-state index contributed by atoms with van der Waals surface area (Å²) in [5.41, 5.74) is 4.63. The van der Waals surface area contributed by atoms with Crippen molar-refractivity contribution >= 4 is 22.8 Å². The van der Waals surface area contributed by atoms with Crippen LogP contribution in [-0.4, -0.2) is 86.8 Å². The number of H-pyrrole nitrogens is 1. The number of carbonyl (C=O) groups excluding carboxylic acids is 1. The lowest BCUT2D eigenvalue weighted by atomic mass is 9.84. The van der Waals surface area contributed by atoms with Crippen molar-refractivity contribution < 1.29 is 23.7 Å². The van der Waals surface area contributed by atoms with Crippen molar-refractivity contribution in [2.24, 2.45) is 0 Å². The Labute approximate surface area is 221 Å². The average Bonchev–Trinajstić information content (AvgIpc) is 3.39. The molecule has 10 nitrogen and oxygen atoms in total. The average molecular weight is 518 g/mol. The van der Waals surface area contributed by atoms with Crippen LogP contribution in [0, 0.1) is 11.3 Å². The fraction of sp³-hybridized carbons (Fsp3) is 0.464. The highest BCUT2D eigenvalue weighted by Gasteiger charge is 2.35. The van der Waals surface area contributed by atoms with E-state index in [0.29, 0.717) is 58.2 Å². The number of hydrogen-bond acceptors (Lipinski definition) is 8. The van der Waals surface area contributed by atoms with Crippen LogP contribution in [0.15, 0.2) is 36.5 Å². The number of carbonyl (C=O) groups is 1. The maximum atomic E-state index is 12.4. The van der Waals surface area contributed by atoms with Gasteiger partial charge in [0, 0.05) is 87.9 Å². The molecule has 10 heteroatoms. The lowest BCUT2D eigenvalue weighted by Gasteiger charge is -2.37. The number of amides is 1. The van der Waals surface area contributed by atoms with Crippen LogP contribution in [0.3, 0.4) is 0 Å². The van der Waals surface area contributed by atoms with Crippen molar-refractivity contribution in [1.29, 1.82) is 5.26 Å². The van der Waals surface area contributed by atoms with E-state index in [4.69, 9.17) is 18.9 Å². The Bertz CT molecular complexity index is 1360. The first-order valence-corrected chi connectivity index (χ1v) is 13.0. The molecule has 3 fully saturated rings. The molecule has 0 atom stereocenters. The highest BCUT2D eigenvalue weighted by atomic mass is 16.6. The molecule has 1 aromatic carbocycles. The Kier molecular flexibility index (Phi) is 6.66. The Morgan fingerprint density at radius 3 is 2.61 bits per heavy atom. The molecule has 38 heavy (non-hydrogen) atoms. The molecular weight excluding hydrogens is 486 g/mol. The summed E-state index contributed by atoms with van der Waals surface area (Å²) < 4.78 is 22.0. The first kappa shape index (κ1) is 24.7. The number of aromatic amines is 1. The van der Waals surface area contributed by atoms with Crippen LogP contribution >= 0.6 is 0 Å². The van der Waals surface area contributed by atoms with E-state index in [9.17, 15) is 10.1 Å². The number of benzene rings is 1. The van der Waals surface area contributed by atoms with E-state index in [2.05, 4.69) is 33.1 Å². The van der Waals surface area contributed by atoms with E-state index in [-0.39, 0.29) is 12.2 Å². The second-order valence-corrected chi connectivity index (χ2v) is 9.98. The van der Waals surface area contributed by atoms with Gasteiger partial charge in [0.15, 0.2) is 6.10 Å². The van der Waals surface area contributed by atoms with E-state index < -0.39 is 5.60 Å². The topological polar surface area (TPSA) is 113 Å². The molecule has 198 valence electrons. The Hall–Kier alpha value is -3.65. The van der Waals surface area contributed by atoms with Crippen molar-refractivity contribution in [3.8, 4) is 17.3 Å². The second kappa shape index (κ2) is 10.3. The molecule has 0 unspecified atom stereocenters. The van der Waals surface area contributed by atoms with Crippen molar-refractivity contribution in [2.75, 3.05) is 64.6 Å². The highest BCUT2D eigenvalue weighted by Crippen LogP contribution is 2.38. The number of hydrogen-bond donors (Lipinski definition) is 1. The van der Waals surface area contributed by atoms with E-state index in [1.807, 2.05) is 18.2 Å². The maximum Gasteiger partial charge on any atom is 0.410 e. The Balaban J connectivity index is 1.24. The second-order valence-electron chi connectivity index (χ2n) is 9.98. The quantitative estimate of drug-likeness (QED) is 0.548. The van der Waals surface area contributed by atoms with Gasteiger partial charge in [0.25, 0.3) is 0 Å². The van der Waals surface area contributed by atoms with Gasteiger partial charge in [-0.25, -0.2) is 9.78 Å². The van der Waals surface area contributed by atoms with Crippen LogP contribution in [0.1, 0.15) is 24.0 Å². The fourth-order valence-corrected chi connectivity index (χ4v) is 5.53. The van der Waals surface area contributed by atoms with Gasteiger partial charge < -0.3 is 33.7 Å². The number of rotatable bonds is 5. The predicted octanol–water partition coefficient (Wildman–Crippen LogP) is 3.41. The molecule has 0 aliphatic carbocycles. The standard InChI is InChI=1S/C28H31N5O5/c1-35-28(5-12-36-13-6-28)20-2-3-22(19(14-20)16-29)24-15-23-25(4-7-30-26(23)31-24)32-8-10-33(11-9-32)27(34)38-21-17-37-18-21/h2-4,7,14-15,21H,5-6,8-13,17-18H2,1H3,(H,30,31). The Morgan fingerprint density at radius 2 is 1.92 bits per heavy atom. The largest absolute Gasteiger partial charge is 0.441 e. The van der Waals surface area contributed by atoms with Crippen LogP contribution < -0.4 is 4.90 Å². The van der Waals surface area contributed by atoms with Gasteiger partial charge in [-0.05, 0) is 23.8 Å². The molecule has 5 heterocycles. The van der Waals surface area contributed by atoms with Gasteiger partial charge in [-0.3, -0.25) is 0 Å². The summed E-state index contributed by atoms with van der Waals surface area (Å²) in [4.78, 5) is 24.4. The molecule has 2 aromatic heterocycles. The van der Waals surface area contributed by atoms with Gasteiger partial charge in [-0.2, -0.15) is 5.26 Å². The minimum absolute atomic E-state index is 0.122. The van der Waals surface area contributed by atoms with Crippen molar-refractivity contribution in [2.45, 2.75) is 24.5 Å². The van der Waals surface area contributed by atoms with Crippen LogP contribution in [0.2, 0.25) is 0 Å². The first-order chi connectivity index (χ1) is 18.6. The van der Waals surface area contributed by atoms with E-state index in [1.165, 1.54) is 0 Å². The zero-order chi connectivity index (χ0) is 26.1. The number of nitriles is 1. The van der Waals surface area contributed by atoms with Crippen LogP contribution in [0.4, 0.5) is 10.5 Å². The van der Waals surface area contributed by atoms with E-state index >= 15 is 0 Å². The van der Waals surface area contributed by atoms with Crippen molar-refractivity contribution in [1.82, 2.24) is 14.9 Å². The molecule has 0 saturated carbocycles. The molecule has 0 radical (unpaired) electrons. The summed E-state index contributed by atoms with van der Waals surface area (Å²) in [5, 5.41) is 11.0. The van der Waals surface area contributed by atoms with Gasteiger partial charge in [-0.1, -0.05) is 12.1 Å². The minimum atomic E-state index is -0.433. The zero-order valence-electron chi connectivity index (χ0n) is 21.4. The molecule has 1 N–H and O–H groups in total. The van der Waals surface area contributed by atoms with Crippen molar-refractivity contribution in [3.63, 3.8) is 0 Å². The minimum Gasteiger partial charge on any atom is -0.441 e. The molecule has 3 saturated heterocycles. The van der Waals surface area contributed by atoms with Crippen LogP contribution in [-0.2, 0) is 24.5 Å². The van der Waals surface area contributed by atoms with Gasteiger partial charge in [-0.15, -0.1) is 0 Å². The van der Waals surface area contributed by atoms with E-state index in [0.717, 1.165) is 46.4 Å². The summed E-state index contributed by atoms with van der Waals surface area (Å²) in [6.45, 7) is 4.79. The fourth-order valence-electron chi connectivity index (χ4n) is 5.53. The Morgan fingerprint density at radius 1 is 1.13 bits per heavy atom. The summed E-state index contributed by atoms with van der Waals surface area (Å²) in [5.74, 6) is 0. The number of methoxy groups -OCH3 is 1. The zero-order valence-corrected chi connectivity index (χ0v) is 21.4. The maximum absolute atomic E-state index is 12.4. The molecule has 3 aliphatic heterocycles. The van der Waals surface area contributed by atoms with Gasteiger partial charge in [0.1, 0.15) is 5.65 Å². The number of ether oxygens (including phenoxy) is 4. The lowest BCUT2D eigenvalue weighted by Crippen LogP contribution is -2.51. The normalized spacial score (nSPS) is 19.7. The number of nitrogens with one attached hydrogen (secondary N) is 1. The molecule has 0 bridgehead atoms. The molecule has 3 aromatic rings. The van der Waals surface area contributed by atoms with E-state index in [1.54, 1.807) is 18.2 Å². The number of anilines is 1. The number of fused-ring (bicyclic) bond motifs is 1. The molecule has 0 spiro atoms. The van der Waals surface area contributed by atoms with Crippen LogP contribution in [0.5, 0.6) is 0 Å². The smallest absolute Gasteiger partial charge is 0.410 e. The van der Waals surface area contributed by atoms with Gasteiger partial charge in [0.2, 0.25) is 0 Å². The third kappa shape index (κ3) is 4.47. The number of nitrogens with zero attached hydrogens (tertiary/aromatic N) is 4. The van der Waals surface area contributed by atoms with Gasteiger partial charge >= 0.3 is 6.09 Å². The van der Waals surface area contributed by atoms with Crippen LogP contribution in [0.25, 0.3) is 22.3 Å². The lowest BCUT2D eigenvalue weighted by molar-refractivity contribution is -0.104. The van der Waals surface area contributed by atoms with Gasteiger partial charge in [0.05, 0.1) is 30.4 Å². The third-order valence-corrected chi connectivity index (χ3v) is 7.91. The molecular formula is C28H31N5O5. The predicted molar refractivity (Wildman–Crippen MR) is 140 cm³/mol. The summed E-state index contributed by atoms with van der Waals surface area (Å²) in [6, 6.07) is 12.4. The number of aromatic nitrogens is 2.